The van der Waals surface area contributed by atoms with Gasteiger partial charge in [-0.05, 0) is 54.3 Å². The molecule has 0 aromatic heterocycles. The summed E-state index contributed by atoms with van der Waals surface area (Å²) in [5, 5.41) is 0.842. The number of amidine groups is 1. The molecule has 1 fully saturated rings. The minimum Gasteiger partial charge on any atom is -0.454 e. The van der Waals surface area contributed by atoms with Crippen LogP contribution in [0.1, 0.15) is 25.3 Å². The summed E-state index contributed by atoms with van der Waals surface area (Å²) in [6, 6.07) is 5.69. The number of thioether (sulfide) groups is 1. The van der Waals surface area contributed by atoms with E-state index in [0.717, 1.165) is 54.1 Å². The highest BCUT2D eigenvalue weighted by atomic mass is 32.2. The minimum absolute atomic E-state index is 0.152. The smallest absolute Gasteiger partial charge is 0.286 e. The number of ether oxygens (including phenoxy) is 2. The Morgan fingerprint density at radius 1 is 1.26 bits per heavy atom. The van der Waals surface area contributed by atoms with Gasteiger partial charge in [0.15, 0.2) is 16.7 Å². The first-order valence-corrected chi connectivity index (χ1v) is 8.68. The van der Waals surface area contributed by atoms with E-state index in [1.54, 1.807) is 0 Å². The number of nitrogens with zero attached hydrogens (tertiary/aromatic N) is 2. The molecule has 0 N–H and O–H groups in total. The van der Waals surface area contributed by atoms with E-state index in [2.05, 4.69) is 16.8 Å². The zero-order chi connectivity index (χ0) is 15.8. The standard InChI is InChI=1S/C17H18N2O3S/c1-11-4-6-19(7-5-11)17-18-16(20)15(23-17)9-12-2-3-13-14(8-12)22-10-21-13/h2-3,8-9,11H,4-7,10H2,1H3/b15-9+. The second-order valence-corrected chi connectivity index (χ2v) is 7.10. The largest absolute Gasteiger partial charge is 0.454 e. The summed E-state index contributed by atoms with van der Waals surface area (Å²) >= 11 is 1.47. The van der Waals surface area contributed by atoms with Crippen LogP contribution in [0.4, 0.5) is 0 Å². The van der Waals surface area contributed by atoms with Gasteiger partial charge >= 0.3 is 0 Å². The molecule has 1 aromatic carbocycles. The van der Waals surface area contributed by atoms with E-state index in [9.17, 15) is 4.79 Å². The highest BCUT2D eigenvalue weighted by Gasteiger charge is 2.28. The molecular weight excluding hydrogens is 312 g/mol. The first kappa shape index (κ1) is 14.6. The van der Waals surface area contributed by atoms with Crippen LogP contribution in [0.15, 0.2) is 28.1 Å². The van der Waals surface area contributed by atoms with Gasteiger partial charge in [-0.1, -0.05) is 13.0 Å². The zero-order valence-corrected chi connectivity index (χ0v) is 13.8. The number of hydrogen-bond acceptors (Lipinski definition) is 5. The van der Waals surface area contributed by atoms with Crippen LogP contribution in [-0.4, -0.2) is 35.9 Å². The predicted molar refractivity (Wildman–Crippen MR) is 90.5 cm³/mol. The molecule has 0 unspecified atom stereocenters. The monoisotopic (exact) mass is 330 g/mol. The number of carbonyl (C=O) groups excluding carboxylic acids is 1. The quantitative estimate of drug-likeness (QED) is 0.741. The summed E-state index contributed by atoms with van der Waals surface area (Å²) < 4.78 is 10.7. The van der Waals surface area contributed by atoms with Gasteiger partial charge in [0.1, 0.15) is 0 Å². The van der Waals surface area contributed by atoms with Crippen LogP contribution in [-0.2, 0) is 4.79 Å². The molecule has 23 heavy (non-hydrogen) atoms. The SMILES string of the molecule is CC1CCN(C2=NC(=O)/C(=C\c3ccc4c(c3)OCO4)S2)CC1. The predicted octanol–water partition coefficient (Wildman–Crippen LogP) is 3.12. The van der Waals surface area contributed by atoms with Gasteiger partial charge in [-0.2, -0.15) is 4.99 Å². The molecule has 0 bridgehead atoms. The first-order chi connectivity index (χ1) is 11.2. The average molecular weight is 330 g/mol. The number of piperidine rings is 1. The molecule has 1 aromatic rings. The lowest BCUT2D eigenvalue weighted by molar-refractivity contribution is -0.113. The molecule has 1 amide bonds. The summed E-state index contributed by atoms with van der Waals surface area (Å²) in [4.78, 5) is 19.3. The Morgan fingerprint density at radius 2 is 2.04 bits per heavy atom. The van der Waals surface area contributed by atoms with Crippen molar-refractivity contribution >= 4 is 28.9 Å². The highest BCUT2D eigenvalue weighted by molar-refractivity contribution is 8.18. The van der Waals surface area contributed by atoms with Gasteiger partial charge in [-0.3, -0.25) is 4.79 Å². The fourth-order valence-electron chi connectivity index (χ4n) is 2.89. The van der Waals surface area contributed by atoms with Crippen molar-refractivity contribution in [1.82, 2.24) is 4.90 Å². The first-order valence-electron chi connectivity index (χ1n) is 7.86. The van der Waals surface area contributed by atoms with E-state index in [0.29, 0.717) is 4.91 Å². The van der Waals surface area contributed by atoms with Crippen molar-refractivity contribution < 1.29 is 14.3 Å². The number of amides is 1. The van der Waals surface area contributed by atoms with E-state index in [1.807, 2.05) is 24.3 Å². The number of likely N-dealkylation sites (tertiary alicyclic amines) is 1. The van der Waals surface area contributed by atoms with Crippen molar-refractivity contribution in [3.63, 3.8) is 0 Å². The molecule has 0 aliphatic carbocycles. The van der Waals surface area contributed by atoms with Crippen LogP contribution in [0.2, 0.25) is 0 Å². The Bertz CT molecular complexity index is 706. The van der Waals surface area contributed by atoms with Crippen molar-refractivity contribution in [2.75, 3.05) is 19.9 Å². The number of benzene rings is 1. The fraction of sp³-hybridized carbons (Fsp3) is 0.412. The lowest BCUT2D eigenvalue weighted by Crippen LogP contribution is -2.35. The summed E-state index contributed by atoms with van der Waals surface area (Å²) in [5.41, 5.74) is 0.925. The van der Waals surface area contributed by atoms with Gasteiger partial charge < -0.3 is 14.4 Å². The molecule has 3 aliphatic rings. The Hall–Kier alpha value is -1.95. The van der Waals surface area contributed by atoms with Crippen molar-refractivity contribution in [2.45, 2.75) is 19.8 Å². The maximum absolute atomic E-state index is 12.2. The van der Waals surface area contributed by atoms with Gasteiger partial charge in [-0.15, -0.1) is 0 Å². The van der Waals surface area contributed by atoms with E-state index in [1.165, 1.54) is 11.8 Å². The lowest BCUT2D eigenvalue weighted by atomic mass is 10.00. The molecule has 0 atom stereocenters. The van der Waals surface area contributed by atoms with Crippen LogP contribution in [0.3, 0.4) is 0 Å². The van der Waals surface area contributed by atoms with Gasteiger partial charge in [0, 0.05) is 13.1 Å². The molecule has 5 nitrogen and oxygen atoms in total. The fourth-order valence-corrected chi connectivity index (χ4v) is 3.85. The Balaban J connectivity index is 1.49. The average Bonchev–Trinajstić information content (AvgIpc) is 3.15. The van der Waals surface area contributed by atoms with Crippen LogP contribution in [0.25, 0.3) is 6.08 Å². The summed E-state index contributed by atoms with van der Waals surface area (Å²) in [5.74, 6) is 2.08. The Labute approximate surface area is 139 Å². The molecule has 3 heterocycles. The Morgan fingerprint density at radius 3 is 2.87 bits per heavy atom. The topological polar surface area (TPSA) is 51.1 Å². The third kappa shape index (κ3) is 2.95. The van der Waals surface area contributed by atoms with Gasteiger partial charge in [0.05, 0.1) is 4.91 Å². The van der Waals surface area contributed by atoms with Crippen molar-refractivity contribution in [3.05, 3.63) is 28.7 Å². The van der Waals surface area contributed by atoms with Crippen LogP contribution < -0.4 is 9.47 Å². The van der Waals surface area contributed by atoms with E-state index >= 15 is 0 Å². The van der Waals surface area contributed by atoms with E-state index in [4.69, 9.17) is 9.47 Å². The molecule has 6 heteroatoms. The zero-order valence-electron chi connectivity index (χ0n) is 12.9. The minimum atomic E-state index is -0.152. The van der Waals surface area contributed by atoms with E-state index < -0.39 is 0 Å². The number of fused-ring (bicyclic) bond motifs is 1. The number of rotatable bonds is 1. The summed E-state index contributed by atoms with van der Waals surface area (Å²) in [7, 11) is 0. The molecule has 0 radical (unpaired) electrons. The molecule has 4 rings (SSSR count). The molecule has 3 aliphatic heterocycles. The normalized spacial score (nSPS) is 22.8. The molecule has 1 saturated heterocycles. The van der Waals surface area contributed by atoms with Gasteiger partial charge in [0.25, 0.3) is 5.91 Å². The van der Waals surface area contributed by atoms with Crippen molar-refractivity contribution in [2.24, 2.45) is 10.9 Å². The van der Waals surface area contributed by atoms with Crippen LogP contribution in [0.5, 0.6) is 11.5 Å². The second-order valence-electron chi connectivity index (χ2n) is 6.09. The highest BCUT2D eigenvalue weighted by Crippen LogP contribution is 2.36. The van der Waals surface area contributed by atoms with Gasteiger partial charge in [-0.25, -0.2) is 0 Å². The van der Waals surface area contributed by atoms with Crippen LogP contribution in [0, 0.1) is 5.92 Å². The van der Waals surface area contributed by atoms with Crippen molar-refractivity contribution in [1.29, 1.82) is 0 Å². The second kappa shape index (κ2) is 5.92. The Kier molecular flexibility index (Phi) is 3.77. The maximum atomic E-state index is 12.2. The molecule has 0 spiro atoms. The molecule has 120 valence electrons. The van der Waals surface area contributed by atoms with E-state index in [-0.39, 0.29) is 12.7 Å². The third-order valence-corrected chi connectivity index (χ3v) is 5.40. The number of aliphatic imine (C=N–C) groups is 1. The van der Waals surface area contributed by atoms with Gasteiger partial charge in [0.2, 0.25) is 6.79 Å². The number of hydrogen-bond donors (Lipinski definition) is 0. The van der Waals surface area contributed by atoms with Crippen molar-refractivity contribution in [3.8, 4) is 11.5 Å². The summed E-state index contributed by atoms with van der Waals surface area (Å²) in [6.45, 7) is 4.50. The third-order valence-electron chi connectivity index (χ3n) is 4.36. The maximum Gasteiger partial charge on any atom is 0.286 e. The van der Waals surface area contributed by atoms with Crippen LogP contribution >= 0.6 is 11.8 Å². The molecular formula is C17H18N2O3S. The number of carbonyl (C=O) groups is 1. The molecule has 0 saturated carbocycles. The summed E-state index contributed by atoms with van der Waals surface area (Å²) in [6.07, 6.45) is 4.20. The lowest BCUT2D eigenvalue weighted by Gasteiger charge is -2.30.